The van der Waals surface area contributed by atoms with Crippen LogP contribution in [0, 0.1) is 10.1 Å². The highest BCUT2D eigenvalue weighted by Crippen LogP contribution is 2.24. The predicted molar refractivity (Wildman–Crippen MR) is 72.1 cm³/mol. The first-order chi connectivity index (χ1) is 9.66. The van der Waals surface area contributed by atoms with Gasteiger partial charge in [0.15, 0.2) is 5.78 Å². The summed E-state index contributed by atoms with van der Waals surface area (Å²) in [7, 11) is 0. The molecule has 1 aliphatic carbocycles. The van der Waals surface area contributed by atoms with E-state index in [4.69, 9.17) is 0 Å². The molecule has 0 bridgehead atoms. The van der Waals surface area contributed by atoms with Crippen LogP contribution in [0.1, 0.15) is 35.3 Å². The molecule has 0 amide bonds. The molecule has 0 unspecified atom stereocenters. The summed E-state index contributed by atoms with van der Waals surface area (Å²) in [5.41, 5.74) is 2.37. The lowest BCUT2D eigenvalue weighted by molar-refractivity contribution is -0.384. The summed E-state index contributed by atoms with van der Waals surface area (Å²) in [5.74, 6) is 0.130. The highest BCUT2D eigenvalue weighted by Gasteiger charge is 2.21. The van der Waals surface area contributed by atoms with Crippen molar-refractivity contribution in [3.63, 3.8) is 0 Å². The molecular weight excluding hydrogens is 258 g/mol. The molecule has 1 heterocycles. The van der Waals surface area contributed by atoms with Gasteiger partial charge in [0.1, 0.15) is 0 Å². The summed E-state index contributed by atoms with van der Waals surface area (Å²) in [6.07, 6.45) is 4.83. The van der Waals surface area contributed by atoms with Crippen LogP contribution in [-0.2, 0) is 6.42 Å². The van der Waals surface area contributed by atoms with Gasteiger partial charge in [-0.25, -0.2) is 4.68 Å². The lowest BCUT2D eigenvalue weighted by Gasteiger charge is -2.07. The van der Waals surface area contributed by atoms with Crippen molar-refractivity contribution < 1.29 is 9.72 Å². The molecule has 1 aromatic heterocycles. The van der Waals surface area contributed by atoms with Crippen molar-refractivity contribution in [3.8, 4) is 5.69 Å². The minimum atomic E-state index is -0.434. The van der Waals surface area contributed by atoms with Crippen LogP contribution < -0.4 is 0 Å². The molecule has 0 fully saturated rings. The Kier molecular flexibility index (Phi) is 3.06. The molecule has 0 aliphatic heterocycles. The number of fused-ring (bicyclic) bond motifs is 1. The van der Waals surface area contributed by atoms with Crippen molar-refractivity contribution >= 4 is 11.5 Å². The van der Waals surface area contributed by atoms with Gasteiger partial charge in [-0.05, 0) is 31.4 Å². The number of hydrogen-bond acceptors (Lipinski definition) is 4. The molecule has 0 saturated carbocycles. The van der Waals surface area contributed by atoms with Crippen LogP contribution in [0.15, 0.2) is 30.5 Å². The average molecular weight is 271 g/mol. The van der Waals surface area contributed by atoms with Gasteiger partial charge in [0, 0.05) is 18.6 Å². The number of nitrogens with zero attached hydrogens (tertiary/aromatic N) is 3. The maximum Gasteiger partial charge on any atom is 0.269 e. The van der Waals surface area contributed by atoms with Gasteiger partial charge in [-0.15, -0.1) is 0 Å². The zero-order chi connectivity index (χ0) is 14.1. The van der Waals surface area contributed by atoms with Crippen LogP contribution in [0.3, 0.4) is 0 Å². The molecule has 1 aliphatic rings. The summed E-state index contributed by atoms with van der Waals surface area (Å²) in [6.45, 7) is 0. The van der Waals surface area contributed by atoms with Crippen LogP contribution in [0.25, 0.3) is 5.69 Å². The highest BCUT2D eigenvalue weighted by molar-refractivity contribution is 5.97. The third kappa shape index (κ3) is 2.09. The first-order valence-corrected chi connectivity index (χ1v) is 6.52. The summed E-state index contributed by atoms with van der Waals surface area (Å²) >= 11 is 0. The van der Waals surface area contributed by atoms with Crippen molar-refractivity contribution in [1.29, 1.82) is 0 Å². The van der Waals surface area contributed by atoms with Crippen LogP contribution in [0.5, 0.6) is 0 Å². The number of aromatic nitrogens is 2. The molecule has 2 aromatic rings. The van der Waals surface area contributed by atoms with Crippen molar-refractivity contribution in [1.82, 2.24) is 9.78 Å². The average Bonchev–Trinajstić information content (AvgIpc) is 2.79. The van der Waals surface area contributed by atoms with Gasteiger partial charge in [0.25, 0.3) is 5.69 Å². The Labute approximate surface area is 115 Å². The van der Waals surface area contributed by atoms with Crippen LogP contribution in [0.4, 0.5) is 5.69 Å². The van der Waals surface area contributed by atoms with Gasteiger partial charge in [-0.3, -0.25) is 14.9 Å². The second kappa shape index (κ2) is 4.88. The molecule has 0 N–H and O–H groups in total. The van der Waals surface area contributed by atoms with Gasteiger partial charge in [-0.2, -0.15) is 5.10 Å². The zero-order valence-electron chi connectivity index (χ0n) is 10.8. The molecule has 1 aromatic carbocycles. The van der Waals surface area contributed by atoms with E-state index < -0.39 is 4.92 Å². The Balaban J connectivity index is 2.02. The molecule has 20 heavy (non-hydrogen) atoms. The first-order valence-electron chi connectivity index (χ1n) is 6.52. The van der Waals surface area contributed by atoms with Crippen LogP contribution in [0.2, 0.25) is 0 Å². The van der Waals surface area contributed by atoms with Gasteiger partial charge in [0.05, 0.1) is 28.1 Å². The summed E-state index contributed by atoms with van der Waals surface area (Å²) in [4.78, 5) is 22.2. The number of rotatable bonds is 2. The summed E-state index contributed by atoms with van der Waals surface area (Å²) in [6, 6.07) is 6.20. The molecule has 6 nitrogen and oxygen atoms in total. The van der Waals surface area contributed by atoms with E-state index in [-0.39, 0.29) is 11.5 Å². The Bertz CT molecular complexity index is 673. The van der Waals surface area contributed by atoms with Gasteiger partial charge in [-0.1, -0.05) is 0 Å². The molecule has 0 radical (unpaired) electrons. The molecule has 6 heteroatoms. The fourth-order valence-corrected chi connectivity index (χ4v) is 2.50. The molecule has 3 rings (SSSR count). The second-order valence-corrected chi connectivity index (χ2v) is 4.82. The monoisotopic (exact) mass is 271 g/mol. The minimum Gasteiger partial charge on any atom is -0.294 e. The molecular formula is C14H13N3O3. The maximum atomic E-state index is 12.0. The van der Waals surface area contributed by atoms with E-state index in [0.717, 1.165) is 30.6 Å². The minimum absolute atomic E-state index is 0.0445. The normalized spacial score (nSPS) is 14.7. The van der Waals surface area contributed by atoms with E-state index in [1.807, 2.05) is 0 Å². The van der Waals surface area contributed by atoms with E-state index >= 15 is 0 Å². The van der Waals surface area contributed by atoms with Crippen molar-refractivity contribution in [3.05, 3.63) is 51.8 Å². The number of nitro groups is 1. The quantitative estimate of drug-likeness (QED) is 0.478. The van der Waals surface area contributed by atoms with Gasteiger partial charge >= 0.3 is 0 Å². The number of carbonyl (C=O) groups excluding carboxylic acids is 1. The van der Waals surface area contributed by atoms with E-state index in [1.54, 1.807) is 23.0 Å². The molecule has 0 atom stereocenters. The molecule has 0 saturated heterocycles. The highest BCUT2D eigenvalue weighted by atomic mass is 16.6. The van der Waals surface area contributed by atoms with Crippen molar-refractivity contribution in [2.45, 2.75) is 25.7 Å². The number of carbonyl (C=O) groups is 1. The van der Waals surface area contributed by atoms with Crippen LogP contribution in [-0.4, -0.2) is 20.5 Å². The Morgan fingerprint density at radius 1 is 1.15 bits per heavy atom. The first kappa shape index (κ1) is 12.5. The number of benzene rings is 1. The molecule has 0 spiro atoms. The second-order valence-electron chi connectivity index (χ2n) is 4.82. The van der Waals surface area contributed by atoms with Gasteiger partial charge in [0.2, 0.25) is 0 Å². The van der Waals surface area contributed by atoms with E-state index in [2.05, 4.69) is 5.10 Å². The molecule has 102 valence electrons. The summed E-state index contributed by atoms with van der Waals surface area (Å²) in [5, 5.41) is 14.9. The number of nitro benzene ring substituents is 1. The third-order valence-electron chi connectivity index (χ3n) is 3.54. The topological polar surface area (TPSA) is 78.0 Å². The largest absolute Gasteiger partial charge is 0.294 e. The van der Waals surface area contributed by atoms with Crippen molar-refractivity contribution in [2.24, 2.45) is 0 Å². The number of ketones is 1. The number of non-ortho nitro benzene ring substituents is 1. The zero-order valence-corrected chi connectivity index (χ0v) is 10.8. The standard InChI is InChI=1S/C14H13N3O3/c18-14-4-2-1-3-13-12(14)9-15-16(13)10-5-7-11(8-6-10)17(19)20/h5-9H,1-4H2. The lowest BCUT2D eigenvalue weighted by atomic mass is 10.1. The van der Waals surface area contributed by atoms with E-state index in [9.17, 15) is 14.9 Å². The SMILES string of the molecule is O=C1CCCCc2c1cnn2-c1ccc([N+](=O)[O-])cc1. The van der Waals surface area contributed by atoms with Crippen LogP contribution >= 0.6 is 0 Å². The van der Waals surface area contributed by atoms with Crippen molar-refractivity contribution in [2.75, 3.05) is 0 Å². The Morgan fingerprint density at radius 3 is 2.55 bits per heavy atom. The fraction of sp³-hybridized carbons (Fsp3) is 0.286. The van der Waals surface area contributed by atoms with E-state index in [0.29, 0.717) is 12.0 Å². The fourth-order valence-electron chi connectivity index (χ4n) is 2.50. The Hall–Kier alpha value is -2.50. The lowest BCUT2D eigenvalue weighted by Crippen LogP contribution is -2.04. The maximum absolute atomic E-state index is 12.0. The van der Waals surface area contributed by atoms with E-state index in [1.165, 1.54) is 12.1 Å². The predicted octanol–water partition coefficient (Wildman–Crippen LogP) is 2.69. The number of hydrogen-bond donors (Lipinski definition) is 0. The van der Waals surface area contributed by atoms with Gasteiger partial charge < -0.3 is 0 Å². The third-order valence-corrected chi connectivity index (χ3v) is 3.54. The smallest absolute Gasteiger partial charge is 0.269 e. The number of Topliss-reactive ketones (excluding diaryl/α,β-unsaturated/α-hetero) is 1. The Morgan fingerprint density at radius 2 is 1.85 bits per heavy atom. The summed E-state index contributed by atoms with van der Waals surface area (Å²) < 4.78 is 1.71.